The Kier molecular flexibility index (Phi) is 6.98. The van der Waals surface area contributed by atoms with Crippen molar-refractivity contribution in [1.82, 2.24) is 9.80 Å². The average molecular weight is 496 g/mol. The third-order valence-electron chi connectivity index (χ3n) is 8.23. The van der Waals surface area contributed by atoms with Crippen LogP contribution in [0.3, 0.4) is 0 Å². The number of rotatable bonds is 3. The van der Waals surface area contributed by atoms with E-state index in [9.17, 15) is 18.7 Å². The molecule has 2 aliphatic rings. The minimum atomic E-state index is -1.14. The molecule has 1 N–H and O–H groups in total. The van der Waals surface area contributed by atoms with Gasteiger partial charge in [-0.3, -0.25) is 9.69 Å². The van der Waals surface area contributed by atoms with Crippen LogP contribution < -0.4 is 0 Å². The van der Waals surface area contributed by atoms with Crippen molar-refractivity contribution < 1.29 is 18.7 Å². The zero-order valence-corrected chi connectivity index (χ0v) is 21.6. The largest absolute Gasteiger partial charge is 0.384 e. The molecular weight excluding hydrogens is 460 g/mol. The van der Waals surface area contributed by atoms with Gasteiger partial charge in [0.1, 0.15) is 11.6 Å². The van der Waals surface area contributed by atoms with Crippen LogP contribution in [0.25, 0.3) is 0 Å². The van der Waals surface area contributed by atoms with E-state index in [-0.39, 0.29) is 29.2 Å². The quantitative estimate of drug-likeness (QED) is 0.673. The molecule has 0 saturated carbocycles. The molecule has 2 aromatic rings. The van der Waals surface area contributed by atoms with Crippen molar-refractivity contribution >= 4 is 5.91 Å². The second kappa shape index (κ2) is 9.57. The fourth-order valence-corrected chi connectivity index (χ4v) is 6.01. The van der Waals surface area contributed by atoms with Crippen molar-refractivity contribution in [3.8, 4) is 6.07 Å². The van der Waals surface area contributed by atoms with Gasteiger partial charge in [-0.25, -0.2) is 8.78 Å². The maximum absolute atomic E-state index is 14.8. The van der Waals surface area contributed by atoms with Gasteiger partial charge in [0.05, 0.1) is 23.2 Å². The molecule has 1 amide bonds. The maximum atomic E-state index is 14.8. The number of carbonyl (C=O) groups is 1. The highest BCUT2D eigenvalue weighted by atomic mass is 19.1. The van der Waals surface area contributed by atoms with Crippen LogP contribution >= 0.6 is 0 Å². The standard InChI is InChI=1S/C29H35F2N3O2/c1-18-14-33(15-19(2)29(18,36)21-8-6-20(13-32)7-9-21)27(35)25-17-34(28(3,4)5)16-24(25)23-11-10-22(30)12-26(23)31/h6-12,18-19,24-25,36H,14-17H2,1-5H3/t18-,19+,24-,25+,29-/m0/s1. The highest BCUT2D eigenvalue weighted by Crippen LogP contribution is 2.44. The summed E-state index contributed by atoms with van der Waals surface area (Å²) in [5.74, 6) is -2.67. The van der Waals surface area contributed by atoms with E-state index >= 15 is 0 Å². The van der Waals surface area contributed by atoms with Crippen LogP contribution in [0.5, 0.6) is 0 Å². The summed E-state index contributed by atoms with van der Waals surface area (Å²) in [5.41, 5.74) is 0.287. The Morgan fingerprint density at radius 1 is 1.03 bits per heavy atom. The van der Waals surface area contributed by atoms with E-state index in [2.05, 4.69) is 31.7 Å². The zero-order valence-electron chi connectivity index (χ0n) is 21.6. The monoisotopic (exact) mass is 495 g/mol. The fraction of sp³-hybridized carbons (Fsp3) is 0.517. The summed E-state index contributed by atoms with van der Waals surface area (Å²) in [4.78, 5) is 17.9. The average Bonchev–Trinajstić information content (AvgIpc) is 3.27. The first-order chi connectivity index (χ1) is 16.9. The minimum absolute atomic E-state index is 0.0592. The number of halogens is 2. The molecule has 0 spiro atoms. The highest BCUT2D eigenvalue weighted by molar-refractivity contribution is 5.81. The van der Waals surface area contributed by atoms with Crippen LogP contribution in [0, 0.1) is 40.7 Å². The predicted octanol–water partition coefficient (Wildman–Crippen LogP) is 4.65. The van der Waals surface area contributed by atoms with Crippen molar-refractivity contribution in [2.75, 3.05) is 26.2 Å². The number of amides is 1. The molecule has 0 radical (unpaired) electrons. The van der Waals surface area contributed by atoms with Crippen LogP contribution in [0.1, 0.15) is 57.2 Å². The molecule has 2 saturated heterocycles. The summed E-state index contributed by atoms with van der Waals surface area (Å²) in [6.07, 6.45) is 0. The topological polar surface area (TPSA) is 67.6 Å². The molecule has 0 unspecified atom stereocenters. The summed E-state index contributed by atoms with van der Waals surface area (Å²) in [5, 5.41) is 20.8. The van der Waals surface area contributed by atoms with E-state index in [1.807, 2.05) is 13.8 Å². The second-order valence-corrected chi connectivity index (χ2v) is 11.5. The highest BCUT2D eigenvalue weighted by Gasteiger charge is 2.50. The molecule has 36 heavy (non-hydrogen) atoms. The van der Waals surface area contributed by atoms with Crippen molar-refractivity contribution in [1.29, 1.82) is 5.26 Å². The SMILES string of the molecule is C[C@@H]1CN(C(=O)[C@@H]2CN(C(C)(C)C)C[C@H]2c2ccc(F)cc2F)C[C@H](C)[C@@]1(O)c1ccc(C#N)cc1. The van der Waals surface area contributed by atoms with Crippen LogP contribution in [-0.4, -0.2) is 52.5 Å². The van der Waals surface area contributed by atoms with Gasteiger partial charge in [-0.15, -0.1) is 0 Å². The lowest BCUT2D eigenvalue weighted by molar-refractivity contribution is -0.152. The van der Waals surface area contributed by atoms with E-state index in [1.54, 1.807) is 29.2 Å². The van der Waals surface area contributed by atoms with E-state index in [0.29, 0.717) is 37.3 Å². The number of piperidine rings is 1. The molecule has 2 aliphatic heterocycles. The Morgan fingerprint density at radius 2 is 1.64 bits per heavy atom. The summed E-state index contributed by atoms with van der Waals surface area (Å²) >= 11 is 0. The van der Waals surface area contributed by atoms with Gasteiger partial charge in [-0.05, 0) is 50.1 Å². The van der Waals surface area contributed by atoms with Gasteiger partial charge in [-0.2, -0.15) is 5.26 Å². The lowest BCUT2D eigenvalue weighted by Crippen LogP contribution is -2.57. The predicted molar refractivity (Wildman–Crippen MR) is 134 cm³/mol. The van der Waals surface area contributed by atoms with Gasteiger partial charge in [-0.1, -0.05) is 32.0 Å². The molecule has 4 rings (SSSR count). The smallest absolute Gasteiger partial charge is 0.227 e. The third kappa shape index (κ3) is 4.65. The Bertz CT molecular complexity index is 1160. The molecule has 2 fully saturated rings. The minimum Gasteiger partial charge on any atom is -0.384 e. The van der Waals surface area contributed by atoms with Gasteiger partial charge in [0.15, 0.2) is 0 Å². The molecule has 5 nitrogen and oxygen atoms in total. The van der Waals surface area contributed by atoms with E-state index in [0.717, 1.165) is 11.6 Å². The van der Waals surface area contributed by atoms with E-state index in [4.69, 9.17) is 5.26 Å². The molecule has 0 bridgehead atoms. The summed E-state index contributed by atoms with van der Waals surface area (Å²) in [7, 11) is 0. The summed E-state index contributed by atoms with van der Waals surface area (Å²) in [6, 6.07) is 12.7. The molecular formula is C29H35F2N3O2. The van der Waals surface area contributed by atoms with E-state index < -0.39 is 23.2 Å². The zero-order chi connectivity index (χ0) is 26.4. The Morgan fingerprint density at radius 3 is 2.17 bits per heavy atom. The first-order valence-corrected chi connectivity index (χ1v) is 12.6. The normalized spacial score (nSPS) is 29.2. The fourth-order valence-electron chi connectivity index (χ4n) is 6.01. The van der Waals surface area contributed by atoms with Crippen molar-refractivity contribution in [2.24, 2.45) is 17.8 Å². The number of hydrogen-bond donors (Lipinski definition) is 1. The van der Waals surface area contributed by atoms with Crippen molar-refractivity contribution in [2.45, 2.75) is 51.7 Å². The number of nitrogens with zero attached hydrogens (tertiary/aromatic N) is 3. The van der Waals surface area contributed by atoms with Crippen LogP contribution in [0.2, 0.25) is 0 Å². The molecule has 192 valence electrons. The second-order valence-electron chi connectivity index (χ2n) is 11.5. The molecule has 0 aliphatic carbocycles. The first-order valence-electron chi connectivity index (χ1n) is 12.6. The molecule has 5 atom stereocenters. The number of carbonyl (C=O) groups excluding carboxylic acids is 1. The number of aliphatic hydroxyl groups is 1. The van der Waals surface area contributed by atoms with Gasteiger partial charge in [0.2, 0.25) is 5.91 Å². The lowest BCUT2D eigenvalue weighted by Gasteiger charge is -2.48. The van der Waals surface area contributed by atoms with Gasteiger partial charge in [0, 0.05) is 55.5 Å². The van der Waals surface area contributed by atoms with Crippen molar-refractivity contribution in [3.63, 3.8) is 0 Å². The Labute approximate surface area is 212 Å². The molecule has 2 heterocycles. The van der Waals surface area contributed by atoms with Crippen molar-refractivity contribution in [3.05, 3.63) is 70.8 Å². The van der Waals surface area contributed by atoms with Gasteiger partial charge < -0.3 is 10.0 Å². The third-order valence-corrected chi connectivity index (χ3v) is 8.23. The number of hydrogen-bond acceptors (Lipinski definition) is 4. The first kappa shape index (κ1) is 26.2. The molecule has 0 aromatic heterocycles. The number of benzene rings is 2. The number of nitriles is 1. The van der Waals surface area contributed by atoms with Crippen LogP contribution in [-0.2, 0) is 10.4 Å². The number of likely N-dealkylation sites (tertiary alicyclic amines) is 2. The Balaban J connectivity index is 1.60. The van der Waals surface area contributed by atoms with Gasteiger partial charge >= 0.3 is 0 Å². The van der Waals surface area contributed by atoms with E-state index in [1.165, 1.54) is 12.1 Å². The van der Waals surface area contributed by atoms with Crippen LogP contribution in [0.15, 0.2) is 42.5 Å². The van der Waals surface area contributed by atoms with Gasteiger partial charge in [0.25, 0.3) is 0 Å². The molecule has 2 aromatic carbocycles. The lowest BCUT2D eigenvalue weighted by atomic mass is 9.70. The molecule has 7 heteroatoms. The summed E-state index contributed by atoms with van der Waals surface area (Å²) < 4.78 is 28.5. The Hall–Kier alpha value is -2.82. The summed E-state index contributed by atoms with van der Waals surface area (Å²) in [6.45, 7) is 11.8. The van der Waals surface area contributed by atoms with Crippen LogP contribution in [0.4, 0.5) is 8.78 Å². The maximum Gasteiger partial charge on any atom is 0.227 e.